The monoisotopic (exact) mass is 331 g/mol. The molecule has 2 saturated heterocycles. The maximum atomic E-state index is 13.2. The Morgan fingerprint density at radius 2 is 1.88 bits per heavy atom. The zero-order chi connectivity index (χ0) is 17.2. The molecule has 1 aromatic carbocycles. The fourth-order valence-corrected chi connectivity index (χ4v) is 3.67. The van der Waals surface area contributed by atoms with Crippen LogP contribution in [-0.4, -0.2) is 67.2 Å². The number of carbonyl (C=O) groups excluding carboxylic acids is 2. The minimum absolute atomic E-state index is 0.0214. The lowest BCUT2D eigenvalue weighted by atomic mass is 9.85. The van der Waals surface area contributed by atoms with E-state index in [1.807, 2.05) is 30.3 Å². The van der Waals surface area contributed by atoms with Crippen LogP contribution < -0.4 is 4.90 Å². The molecule has 0 N–H and O–H groups in total. The number of hydrogen-bond donors (Lipinski definition) is 0. The number of likely N-dealkylation sites (tertiary alicyclic amines) is 1. The highest BCUT2D eigenvalue weighted by Gasteiger charge is 2.53. The largest absolute Gasteiger partial charge is 0.465 e. The molecule has 1 aromatic rings. The van der Waals surface area contributed by atoms with Crippen LogP contribution in [0, 0.1) is 0 Å². The molecule has 0 radical (unpaired) electrons. The molecule has 3 rings (SSSR count). The molecular formula is C18H25N3O3. The predicted octanol–water partition coefficient (Wildman–Crippen LogP) is 1.32. The number of hydrogen-bond acceptors (Lipinski definition) is 5. The fourth-order valence-electron chi connectivity index (χ4n) is 3.67. The molecule has 0 saturated carbocycles. The van der Waals surface area contributed by atoms with Crippen molar-refractivity contribution in [3.8, 4) is 0 Å². The van der Waals surface area contributed by atoms with Crippen LogP contribution in [0.5, 0.6) is 0 Å². The van der Waals surface area contributed by atoms with Crippen LogP contribution in [0.4, 0.5) is 5.69 Å². The maximum Gasteiger partial charge on any atom is 0.325 e. The van der Waals surface area contributed by atoms with Gasteiger partial charge in [0.2, 0.25) is 0 Å². The van der Waals surface area contributed by atoms with Crippen LogP contribution in [0.25, 0.3) is 0 Å². The summed E-state index contributed by atoms with van der Waals surface area (Å²) in [5.74, 6) is -0.295. The lowest BCUT2D eigenvalue weighted by molar-refractivity contribution is -0.148. The minimum atomic E-state index is -0.541. The Morgan fingerprint density at radius 1 is 1.21 bits per heavy atom. The second-order valence-electron chi connectivity index (χ2n) is 6.55. The number of benzene rings is 1. The third kappa shape index (κ3) is 2.98. The molecule has 0 unspecified atom stereocenters. The van der Waals surface area contributed by atoms with E-state index in [0.717, 1.165) is 31.6 Å². The van der Waals surface area contributed by atoms with Crippen molar-refractivity contribution in [2.75, 3.05) is 44.9 Å². The van der Waals surface area contributed by atoms with E-state index in [-0.39, 0.29) is 18.4 Å². The van der Waals surface area contributed by atoms with E-state index in [2.05, 4.69) is 16.8 Å². The Bertz CT molecular complexity index is 597. The zero-order valence-electron chi connectivity index (χ0n) is 14.4. The van der Waals surface area contributed by atoms with Crippen molar-refractivity contribution in [3.63, 3.8) is 0 Å². The number of nitrogens with zero attached hydrogens (tertiary/aromatic N) is 3. The number of piperidine rings is 1. The third-order valence-electron chi connectivity index (χ3n) is 5.02. The summed E-state index contributed by atoms with van der Waals surface area (Å²) in [7, 11) is 2.08. The second-order valence-corrected chi connectivity index (χ2v) is 6.55. The lowest BCUT2D eigenvalue weighted by Crippen LogP contribution is -2.56. The van der Waals surface area contributed by atoms with E-state index in [0.29, 0.717) is 13.3 Å². The van der Waals surface area contributed by atoms with E-state index in [1.165, 1.54) is 0 Å². The van der Waals surface area contributed by atoms with Gasteiger partial charge in [0, 0.05) is 18.8 Å². The number of anilines is 1. The van der Waals surface area contributed by atoms with Gasteiger partial charge in [-0.25, -0.2) is 0 Å². The molecule has 6 heteroatoms. The van der Waals surface area contributed by atoms with Crippen LogP contribution >= 0.6 is 0 Å². The first-order valence-electron chi connectivity index (χ1n) is 8.53. The molecule has 2 fully saturated rings. The second kappa shape index (κ2) is 6.81. The van der Waals surface area contributed by atoms with Gasteiger partial charge >= 0.3 is 5.97 Å². The van der Waals surface area contributed by atoms with Crippen molar-refractivity contribution in [3.05, 3.63) is 30.3 Å². The fraction of sp³-hybridized carbons (Fsp3) is 0.556. The Balaban J connectivity index is 1.88. The summed E-state index contributed by atoms with van der Waals surface area (Å²) >= 11 is 0. The van der Waals surface area contributed by atoms with E-state index >= 15 is 0 Å². The lowest BCUT2D eigenvalue weighted by Gasteiger charge is -2.42. The normalized spacial score (nSPS) is 20.7. The molecule has 2 aliphatic heterocycles. The van der Waals surface area contributed by atoms with Gasteiger partial charge < -0.3 is 19.4 Å². The van der Waals surface area contributed by atoms with Gasteiger partial charge in [0.25, 0.3) is 5.91 Å². The predicted molar refractivity (Wildman–Crippen MR) is 91.6 cm³/mol. The highest BCUT2D eigenvalue weighted by atomic mass is 16.5. The molecule has 2 aliphatic rings. The van der Waals surface area contributed by atoms with Crippen LogP contribution in [0.2, 0.25) is 0 Å². The summed E-state index contributed by atoms with van der Waals surface area (Å²) in [6, 6.07) is 9.99. The van der Waals surface area contributed by atoms with Gasteiger partial charge in [0.15, 0.2) is 0 Å². The maximum absolute atomic E-state index is 13.2. The van der Waals surface area contributed by atoms with Gasteiger partial charge in [-0.05, 0) is 38.9 Å². The quantitative estimate of drug-likeness (QED) is 0.779. The molecule has 1 amide bonds. The first-order chi connectivity index (χ1) is 11.6. The first kappa shape index (κ1) is 16.8. The molecular weight excluding hydrogens is 306 g/mol. The summed E-state index contributed by atoms with van der Waals surface area (Å²) in [5, 5.41) is 0. The topological polar surface area (TPSA) is 53.1 Å². The Kier molecular flexibility index (Phi) is 4.76. The average molecular weight is 331 g/mol. The van der Waals surface area contributed by atoms with Gasteiger partial charge in [0.05, 0.1) is 13.3 Å². The third-order valence-corrected chi connectivity index (χ3v) is 5.02. The SMILES string of the molecule is CCOC(=O)CN1CN(c2ccccc2)C2(CCN(C)CC2)C1=O. The summed E-state index contributed by atoms with van der Waals surface area (Å²) in [5.41, 5.74) is 0.488. The Labute approximate surface area is 143 Å². The number of esters is 1. The zero-order valence-corrected chi connectivity index (χ0v) is 14.4. The molecule has 0 atom stereocenters. The van der Waals surface area contributed by atoms with Gasteiger partial charge in [-0.2, -0.15) is 0 Å². The molecule has 24 heavy (non-hydrogen) atoms. The highest BCUT2D eigenvalue weighted by molar-refractivity contribution is 5.95. The average Bonchev–Trinajstić information content (AvgIpc) is 2.85. The summed E-state index contributed by atoms with van der Waals surface area (Å²) < 4.78 is 5.03. The molecule has 0 aromatic heterocycles. The van der Waals surface area contributed by atoms with Crippen molar-refractivity contribution >= 4 is 17.6 Å². The summed E-state index contributed by atoms with van der Waals surface area (Å²) in [6.45, 7) is 4.32. The summed E-state index contributed by atoms with van der Waals surface area (Å²) in [6.07, 6.45) is 1.55. The van der Waals surface area contributed by atoms with Crippen molar-refractivity contribution in [2.24, 2.45) is 0 Å². The number of carbonyl (C=O) groups is 2. The van der Waals surface area contributed by atoms with E-state index in [4.69, 9.17) is 4.74 Å². The van der Waals surface area contributed by atoms with Gasteiger partial charge in [-0.1, -0.05) is 18.2 Å². The standard InChI is InChI=1S/C18H25N3O3/c1-3-24-16(22)13-20-14-21(15-7-5-4-6-8-15)18(17(20)23)9-11-19(2)12-10-18/h4-8H,3,9-14H2,1-2H3. The van der Waals surface area contributed by atoms with Crippen LogP contribution in [0.3, 0.4) is 0 Å². The van der Waals surface area contributed by atoms with E-state index in [1.54, 1.807) is 11.8 Å². The Morgan fingerprint density at radius 3 is 2.50 bits per heavy atom. The minimum Gasteiger partial charge on any atom is -0.465 e. The van der Waals surface area contributed by atoms with Crippen LogP contribution in [0.15, 0.2) is 30.3 Å². The van der Waals surface area contributed by atoms with Gasteiger partial charge in [0.1, 0.15) is 12.1 Å². The molecule has 0 bridgehead atoms. The van der Waals surface area contributed by atoms with E-state index in [9.17, 15) is 9.59 Å². The molecule has 1 spiro atoms. The highest BCUT2D eigenvalue weighted by Crippen LogP contribution is 2.39. The molecule has 6 nitrogen and oxygen atoms in total. The van der Waals surface area contributed by atoms with Crippen molar-refractivity contribution < 1.29 is 14.3 Å². The van der Waals surface area contributed by atoms with Crippen molar-refractivity contribution in [1.82, 2.24) is 9.80 Å². The van der Waals surface area contributed by atoms with Crippen molar-refractivity contribution in [1.29, 1.82) is 0 Å². The molecule has 2 heterocycles. The number of para-hydroxylation sites is 1. The van der Waals surface area contributed by atoms with Crippen LogP contribution in [0.1, 0.15) is 19.8 Å². The first-order valence-corrected chi connectivity index (χ1v) is 8.53. The van der Waals surface area contributed by atoms with Crippen molar-refractivity contribution in [2.45, 2.75) is 25.3 Å². The molecule has 130 valence electrons. The smallest absolute Gasteiger partial charge is 0.325 e. The number of amides is 1. The van der Waals surface area contributed by atoms with Gasteiger partial charge in [-0.15, -0.1) is 0 Å². The Hall–Kier alpha value is -2.08. The van der Waals surface area contributed by atoms with E-state index < -0.39 is 5.54 Å². The summed E-state index contributed by atoms with van der Waals surface area (Å²) in [4.78, 5) is 31.1. The van der Waals surface area contributed by atoms with Gasteiger partial charge in [-0.3, -0.25) is 9.59 Å². The molecule has 0 aliphatic carbocycles. The number of rotatable bonds is 4. The van der Waals surface area contributed by atoms with Crippen LogP contribution in [-0.2, 0) is 14.3 Å². The number of ether oxygens (including phenoxy) is 1.